The van der Waals surface area contributed by atoms with Gasteiger partial charge in [-0.3, -0.25) is 9.78 Å². The molecule has 1 aromatic carbocycles. The molecule has 92 valence electrons. The molecule has 1 amide bonds. The lowest BCUT2D eigenvalue weighted by Crippen LogP contribution is -2.22. The minimum Gasteiger partial charge on any atom is -0.507 e. The maximum absolute atomic E-state index is 11.8. The minimum atomic E-state index is -0.309. The Hall–Kier alpha value is -1.88. The molecule has 18 heavy (non-hydrogen) atoms. The van der Waals surface area contributed by atoms with Crippen LogP contribution in [0.15, 0.2) is 47.2 Å². The second-order valence-electron chi connectivity index (χ2n) is 3.70. The van der Waals surface area contributed by atoms with Crippen LogP contribution in [0.2, 0.25) is 0 Å². The van der Waals surface area contributed by atoms with E-state index >= 15 is 0 Å². The van der Waals surface area contributed by atoms with Crippen LogP contribution in [0.3, 0.4) is 0 Å². The summed E-state index contributed by atoms with van der Waals surface area (Å²) in [7, 11) is 0. The quantitative estimate of drug-likeness (QED) is 0.916. The van der Waals surface area contributed by atoms with Crippen molar-refractivity contribution in [1.82, 2.24) is 10.3 Å². The minimum absolute atomic E-state index is 0.0448. The number of carbonyl (C=O) groups excluding carboxylic acids is 1. The monoisotopic (exact) mass is 306 g/mol. The molecule has 0 radical (unpaired) electrons. The molecule has 1 heterocycles. The molecule has 4 nitrogen and oxygen atoms in total. The first-order valence-electron chi connectivity index (χ1n) is 5.32. The number of hydrogen-bond acceptors (Lipinski definition) is 3. The highest BCUT2D eigenvalue weighted by atomic mass is 79.9. The maximum Gasteiger partial charge on any atom is 0.255 e. The van der Waals surface area contributed by atoms with Gasteiger partial charge >= 0.3 is 0 Å². The number of amides is 1. The molecule has 0 aliphatic heterocycles. The molecule has 0 fully saturated rings. The molecule has 0 aliphatic rings. The van der Waals surface area contributed by atoms with E-state index < -0.39 is 0 Å². The average molecular weight is 307 g/mol. The zero-order chi connectivity index (χ0) is 13.0. The van der Waals surface area contributed by atoms with Crippen LogP contribution in [-0.2, 0) is 6.54 Å². The van der Waals surface area contributed by atoms with Gasteiger partial charge in [0.2, 0.25) is 0 Å². The van der Waals surface area contributed by atoms with Crippen molar-refractivity contribution in [3.8, 4) is 5.75 Å². The van der Waals surface area contributed by atoms with Gasteiger partial charge < -0.3 is 10.4 Å². The lowest BCUT2D eigenvalue weighted by atomic mass is 10.2. The van der Waals surface area contributed by atoms with Gasteiger partial charge in [0.25, 0.3) is 5.91 Å². The maximum atomic E-state index is 11.8. The Morgan fingerprint density at radius 1 is 1.28 bits per heavy atom. The number of benzene rings is 1. The summed E-state index contributed by atoms with van der Waals surface area (Å²) in [6.45, 7) is 0.400. The summed E-state index contributed by atoms with van der Waals surface area (Å²) in [6, 6.07) is 8.41. The van der Waals surface area contributed by atoms with E-state index in [0.717, 1.165) is 10.0 Å². The predicted octanol–water partition coefficient (Wildman–Crippen LogP) is 2.48. The Balaban J connectivity index is 2.04. The Morgan fingerprint density at radius 2 is 2.00 bits per heavy atom. The molecule has 0 saturated carbocycles. The first kappa shape index (κ1) is 12.6. The van der Waals surface area contributed by atoms with Crippen molar-refractivity contribution in [2.45, 2.75) is 6.54 Å². The van der Waals surface area contributed by atoms with Gasteiger partial charge in [0, 0.05) is 23.4 Å². The van der Waals surface area contributed by atoms with Crippen molar-refractivity contribution >= 4 is 21.8 Å². The van der Waals surface area contributed by atoms with E-state index in [1.54, 1.807) is 24.5 Å². The predicted molar refractivity (Wildman–Crippen MR) is 71.2 cm³/mol. The number of aromatic hydroxyl groups is 1. The fourth-order valence-corrected chi connectivity index (χ4v) is 1.82. The van der Waals surface area contributed by atoms with Crippen LogP contribution in [0.1, 0.15) is 15.9 Å². The molecule has 0 atom stereocenters. The van der Waals surface area contributed by atoms with E-state index in [9.17, 15) is 9.90 Å². The third-order valence-electron chi connectivity index (χ3n) is 2.41. The lowest BCUT2D eigenvalue weighted by molar-refractivity contribution is 0.0948. The van der Waals surface area contributed by atoms with Crippen molar-refractivity contribution in [1.29, 1.82) is 0 Å². The van der Waals surface area contributed by atoms with Gasteiger partial charge in [-0.25, -0.2) is 0 Å². The van der Waals surface area contributed by atoms with Gasteiger partial charge in [-0.05, 0) is 35.9 Å². The Bertz CT molecular complexity index is 558. The summed E-state index contributed by atoms with van der Waals surface area (Å²) in [5, 5.41) is 12.4. The Morgan fingerprint density at radius 3 is 2.67 bits per heavy atom. The molecule has 2 N–H and O–H groups in total. The normalized spacial score (nSPS) is 10.1. The van der Waals surface area contributed by atoms with E-state index in [4.69, 9.17) is 0 Å². The van der Waals surface area contributed by atoms with E-state index in [1.165, 1.54) is 6.07 Å². The second kappa shape index (κ2) is 5.64. The van der Waals surface area contributed by atoms with Crippen molar-refractivity contribution in [3.63, 3.8) is 0 Å². The molecule has 0 unspecified atom stereocenters. The van der Waals surface area contributed by atoms with Gasteiger partial charge in [0.1, 0.15) is 5.75 Å². The number of nitrogens with one attached hydrogen (secondary N) is 1. The van der Waals surface area contributed by atoms with E-state index in [-0.39, 0.29) is 17.2 Å². The molecule has 2 rings (SSSR count). The second-order valence-corrected chi connectivity index (χ2v) is 4.62. The van der Waals surface area contributed by atoms with Crippen LogP contribution in [0.5, 0.6) is 5.75 Å². The van der Waals surface area contributed by atoms with Crippen LogP contribution >= 0.6 is 15.9 Å². The third-order valence-corrected chi connectivity index (χ3v) is 2.90. The van der Waals surface area contributed by atoms with Crippen LogP contribution in [0.4, 0.5) is 0 Å². The average Bonchev–Trinajstić information content (AvgIpc) is 2.37. The number of carbonyl (C=O) groups is 1. The highest BCUT2D eigenvalue weighted by Gasteiger charge is 2.10. The summed E-state index contributed by atoms with van der Waals surface area (Å²) in [5.41, 5.74) is 1.21. The molecular formula is C13H11BrN2O2. The van der Waals surface area contributed by atoms with Crippen LogP contribution < -0.4 is 5.32 Å². The van der Waals surface area contributed by atoms with Crippen molar-refractivity contribution in [2.75, 3.05) is 0 Å². The summed E-state index contributed by atoms with van der Waals surface area (Å²) < 4.78 is 0.727. The molecule has 0 bridgehead atoms. The Labute approximate surface area is 113 Å². The van der Waals surface area contributed by atoms with Gasteiger partial charge in [0.05, 0.1) is 5.56 Å². The van der Waals surface area contributed by atoms with E-state index in [0.29, 0.717) is 6.54 Å². The molecule has 2 aromatic rings. The van der Waals surface area contributed by atoms with Crippen molar-refractivity contribution in [2.24, 2.45) is 0 Å². The molecule has 0 saturated heterocycles. The lowest BCUT2D eigenvalue weighted by Gasteiger charge is -2.07. The molecule has 1 aromatic heterocycles. The number of hydrogen-bond donors (Lipinski definition) is 2. The third kappa shape index (κ3) is 3.07. The smallest absolute Gasteiger partial charge is 0.255 e. The zero-order valence-electron chi connectivity index (χ0n) is 9.43. The number of rotatable bonds is 3. The van der Waals surface area contributed by atoms with E-state index in [1.807, 2.05) is 12.1 Å². The van der Waals surface area contributed by atoms with Crippen LogP contribution in [-0.4, -0.2) is 16.0 Å². The fraction of sp³-hybridized carbons (Fsp3) is 0.0769. The zero-order valence-corrected chi connectivity index (χ0v) is 11.0. The SMILES string of the molecule is O=C(NCc1ccncc1)c1ccc(Br)cc1O. The van der Waals surface area contributed by atoms with Gasteiger partial charge in [-0.15, -0.1) is 0 Å². The summed E-state index contributed by atoms with van der Waals surface area (Å²) >= 11 is 3.22. The van der Waals surface area contributed by atoms with Crippen LogP contribution in [0.25, 0.3) is 0 Å². The summed E-state index contributed by atoms with van der Waals surface area (Å²) in [5.74, 6) is -0.353. The largest absolute Gasteiger partial charge is 0.507 e. The van der Waals surface area contributed by atoms with Crippen molar-refractivity contribution < 1.29 is 9.90 Å². The van der Waals surface area contributed by atoms with Crippen molar-refractivity contribution in [3.05, 3.63) is 58.3 Å². The number of halogens is 1. The first-order valence-corrected chi connectivity index (χ1v) is 6.12. The summed E-state index contributed by atoms with van der Waals surface area (Å²) in [6.07, 6.45) is 3.33. The highest BCUT2D eigenvalue weighted by molar-refractivity contribution is 9.10. The number of aromatic nitrogens is 1. The number of nitrogens with zero attached hydrogens (tertiary/aromatic N) is 1. The summed E-state index contributed by atoms with van der Waals surface area (Å²) in [4.78, 5) is 15.7. The van der Waals surface area contributed by atoms with Gasteiger partial charge in [-0.2, -0.15) is 0 Å². The first-order chi connectivity index (χ1) is 8.66. The van der Waals surface area contributed by atoms with Gasteiger partial charge in [-0.1, -0.05) is 15.9 Å². The molecule has 0 aliphatic carbocycles. The number of phenolic OH excluding ortho intramolecular Hbond substituents is 1. The molecule has 5 heteroatoms. The van der Waals surface area contributed by atoms with Gasteiger partial charge in [0.15, 0.2) is 0 Å². The number of phenols is 1. The molecular weight excluding hydrogens is 296 g/mol. The van der Waals surface area contributed by atoms with Crippen LogP contribution in [0, 0.1) is 0 Å². The fourth-order valence-electron chi connectivity index (χ4n) is 1.48. The number of pyridine rings is 1. The Kier molecular flexibility index (Phi) is 3.94. The topological polar surface area (TPSA) is 62.2 Å². The van der Waals surface area contributed by atoms with E-state index in [2.05, 4.69) is 26.2 Å². The standard InChI is InChI=1S/C13H11BrN2O2/c14-10-1-2-11(12(17)7-10)13(18)16-8-9-3-5-15-6-4-9/h1-7,17H,8H2,(H,16,18). The molecule has 0 spiro atoms. The highest BCUT2D eigenvalue weighted by Crippen LogP contribution is 2.22.